The molecule has 0 bridgehead atoms. The highest BCUT2D eigenvalue weighted by Gasteiger charge is 2.15. The second-order valence-electron chi connectivity index (χ2n) is 8.65. The number of carbonyl (C=O) groups is 1. The Hall–Kier alpha value is -3.14. The lowest BCUT2D eigenvalue weighted by Gasteiger charge is -2.21. The van der Waals surface area contributed by atoms with Gasteiger partial charge in [0.15, 0.2) is 0 Å². The molecule has 0 unspecified atom stereocenters. The van der Waals surface area contributed by atoms with Gasteiger partial charge in [-0.05, 0) is 87.1 Å². The van der Waals surface area contributed by atoms with Crippen molar-refractivity contribution >= 4 is 17.9 Å². The zero-order valence-corrected chi connectivity index (χ0v) is 18.6. The van der Waals surface area contributed by atoms with E-state index in [1.807, 2.05) is 19.2 Å². The van der Waals surface area contributed by atoms with Crippen LogP contribution in [0.5, 0.6) is 0 Å². The van der Waals surface area contributed by atoms with Gasteiger partial charge >= 0.3 is 5.97 Å². The number of aliphatic imine (C=N–C) groups is 1. The Kier molecular flexibility index (Phi) is 6.08. The average molecular weight is 415 g/mol. The zero-order valence-electron chi connectivity index (χ0n) is 18.6. The van der Waals surface area contributed by atoms with Crippen molar-refractivity contribution in [3.05, 3.63) is 82.2 Å². The molecule has 1 aliphatic rings. The molecule has 1 fully saturated rings. The Morgan fingerprint density at radius 1 is 1.00 bits per heavy atom. The highest BCUT2D eigenvalue weighted by Crippen LogP contribution is 2.33. The summed E-state index contributed by atoms with van der Waals surface area (Å²) in [7, 11) is 0. The average Bonchev–Trinajstić information content (AvgIpc) is 3.06. The highest BCUT2D eigenvalue weighted by atomic mass is 16.4. The molecule has 1 saturated carbocycles. The Bertz CT molecular complexity index is 1120. The summed E-state index contributed by atoms with van der Waals surface area (Å²) in [5.41, 5.74) is 7.89. The van der Waals surface area contributed by atoms with Gasteiger partial charge in [-0.3, -0.25) is 4.99 Å². The molecule has 0 aliphatic heterocycles. The minimum absolute atomic E-state index is 0.308. The van der Waals surface area contributed by atoms with Crippen LogP contribution in [0, 0.1) is 20.8 Å². The molecule has 1 aromatic heterocycles. The first-order valence-corrected chi connectivity index (χ1v) is 11.1. The van der Waals surface area contributed by atoms with Gasteiger partial charge in [0, 0.05) is 28.9 Å². The molecular formula is C27H30N2O2. The van der Waals surface area contributed by atoms with Gasteiger partial charge in [0.1, 0.15) is 0 Å². The summed E-state index contributed by atoms with van der Waals surface area (Å²) in [5.74, 6) is -0.195. The van der Waals surface area contributed by atoms with Crippen LogP contribution in [0.3, 0.4) is 0 Å². The number of rotatable bonds is 5. The lowest BCUT2D eigenvalue weighted by atomic mass is 9.84. The van der Waals surface area contributed by atoms with Gasteiger partial charge < -0.3 is 9.67 Å². The number of hydrogen-bond donors (Lipinski definition) is 1. The fraction of sp³-hybridized carbons (Fsp3) is 0.333. The molecule has 2 aromatic carbocycles. The van der Waals surface area contributed by atoms with Crippen molar-refractivity contribution in [2.45, 2.75) is 58.8 Å². The van der Waals surface area contributed by atoms with Crippen LogP contribution in [0.1, 0.15) is 76.5 Å². The van der Waals surface area contributed by atoms with Gasteiger partial charge in [-0.1, -0.05) is 31.4 Å². The second-order valence-corrected chi connectivity index (χ2v) is 8.65. The maximum atomic E-state index is 11.2. The molecule has 4 heteroatoms. The zero-order chi connectivity index (χ0) is 22.0. The van der Waals surface area contributed by atoms with E-state index in [0.717, 1.165) is 33.9 Å². The Morgan fingerprint density at radius 2 is 1.71 bits per heavy atom. The summed E-state index contributed by atoms with van der Waals surface area (Å²) in [6.45, 7) is 6.08. The summed E-state index contributed by atoms with van der Waals surface area (Å²) in [6.07, 6.45) is 8.61. The Labute approximate surface area is 184 Å². The van der Waals surface area contributed by atoms with Crippen molar-refractivity contribution in [2.24, 2.45) is 4.99 Å². The van der Waals surface area contributed by atoms with Crippen molar-refractivity contribution in [1.82, 2.24) is 4.57 Å². The van der Waals surface area contributed by atoms with Crippen molar-refractivity contribution < 1.29 is 9.90 Å². The summed E-state index contributed by atoms with van der Waals surface area (Å²) < 4.78 is 2.16. The normalized spacial score (nSPS) is 14.9. The van der Waals surface area contributed by atoms with E-state index in [4.69, 9.17) is 4.99 Å². The summed E-state index contributed by atoms with van der Waals surface area (Å²) in [5, 5.41) is 9.23. The van der Waals surface area contributed by atoms with Gasteiger partial charge in [-0.25, -0.2) is 4.79 Å². The fourth-order valence-electron chi connectivity index (χ4n) is 4.74. The van der Waals surface area contributed by atoms with E-state index in [-0.39, 0.29) is 0 Å². The van der Waals surface area contributed by atoms with Crippen LogP contribution < -0.4 is 0 Å². The molecule has 3 aromatic rings. The van der Waals surface area contributed by atoms with Crippen LogP contribution in [0.15, 0.2) is 53.5 Å². The summed E-state index contributed by atoms with van der Waals surface area (Å²) in [6, 6.07) is 16.1. The first-order valence-electron chi connectivity index (χ1n) is 11.1. The fourth-order valence-corrected chi connectivity index (χ4v) is 4.74. The van der Waals surface area contributed by atoms with E-state index in [9.17, 15) is 9.90 Å². The molecule has 0 amide bonds. The number of hydrogen-bond acceptors (Lipinski definition) is 2. The number of benzene rings is 2. The van der Waals surface area contributed by atoms with E-state index in [2.05, 4.69) is 48.7 Å². The number of aromatic carboxylic acids is 1. The van der Waals surface area contributed by atoms with E-state index in [1.165, 1.54) is 37.7 Å². The lowest BCUT2D eigenvalue weighted by molar-refractivity contribution is 0.0697. The maximum absolute atomic E-state index is 11.2. The molecule has 1 N–H and O–H groups in total. The van der Waals surface area contributed by atoms with Crippen LogP contribution in [-0.2, 0) is 0 Å². The van der Waals surface area contributed by atoms with Crippen LogP contribution >= 0.6 is 0 Å². The van der Waals surface area contributed by atoms with Crippen molar-refractivity contribution in [2.75, 3.05) is 0 Å². The Balaban J connectivity index is 1.56. The van der Waals surface area contributed by atoms with Crippen molar-refractivity contribution in [3.8, 4) is 5.69 Å². The molecule has 1 aliphatic carbocycles. The number of nitrogens with zero attached hydrogens (tertiary/aromatic N) is 2. The lowest BCUT2D eigenvalue weighted by Crippen LogP contribution is -2.04. The monoisotopic (exact) mass is 414 g/mol. The van der Waals surface area contributed by atoms with E-state index < -0.39 is 5.97 Å². The number of carboxylic acid groups (broad SMARTS) is 1. The third kappa shape index (κ3) is 4.48. The standard InChI is InChI=1S/C27H30N2O2/c1-18-15-23(27(30)31)11-14-26(18)29-19(2)16-24(20(29)3)17-28-25-12-9-22(10-13-25)21-7-5-4-6-8-21/h9-17,21H,4-8H2,1-3H3,(H,30,31). The van der Waals surface area contributed by atoms with Crippen LogP contribution in [0.25, 0.3) is 5.69 Å². The maximum Gasteiger partial charge on any atom is 0.335 e. The van der Waals surface area contributed by atoms with E-state index in [1.54, 1.807) is 12.1 Å². The molecule has 4 rings (SSSR count). The summed E-state index contributed by atoms with van der Waals surface area (Å²) >= 11 is 0. The number of aromatic nitrogens is 1. The van der Waals surface area contributed by atoms with E-state index in [0.29, 0.717) is 11.5 Å². The van der Waals surface area contributed by atoms with E-state index >= 15 is 0 Å². The molecule has 0 radical (unpaired) electrons. The van der Waals surface area contributed by atoms with Crippen molar-refractivity contribution in [3.63, 3.8) is 0 Å². The molecule has 0 atom stereocenters. The smallest absolute Gasteiger partial charge is 0.335 e. The number of carboxylic acids is 1. The van der Waals surface area contributed by atoms with Crippen LogP contribution in [0.4, 0.5) is 5.69 Å². The SMILES string of the molecule is Cc1cc(C(=O)O)ccc1-n1c(C)cc(C=Nc2ccc(C3CCCCC3)cc2)c1C. The first kappa shape index (κ1) is 21.1. The molecular weight excluding hydrogens is 384 g/mol. The highest BCUT2D eigenvalue weighted by molar-refractivity contribution is 5.88. The van der Waals surface area contributed by atoms with Gasteiger partial charge in [-0.2, -0.15) is 0 Å². The third-order valence-electron chi connectivity index (χ3n) is 6.48. The molecule has 31 heavy (non-hydrogen) atoms. The van der Waals surface area contributed by atoms with Gasteiger partial charge in [0.2, 0.25) is 0 Å². The second kappa shape index (κ2) is 8.93. The molecule has 1 heterocycles. The molecule has 0 saturated heterocycles. The number of aryl methyl sites for hydroxylation is 2. The van der Waals surface area contributed by atoms with Gasteiger partial charge in [0.25, 0.3) is 0 Å². The molecule has 0 spiro atoms. The summed E-state index contributed by atoms with van der Waals surface area (Å²) in [4.78, 5) is 16.0. The van der Waals surface area contributed by atoms with Crippen LogP contribution in [0.2, 0.25) is 0 Å². The van der Waals surface area contributed by atoms with Crippen LogP contribution in [-0.4, -0.2) is 21.9 Å². The largest absolute Gasteiger partial charge is 0.478 e. The predicted octanol–water partition coefficient (Wildman–Crippen LogP) is 6.90. The van der Waals surface area contributed by atoms with Gasteiger partial charge in [-0.15, -0.1) is 0 Å². The van der Waals surface area contributed by atoms with Gasteiger partial charge in [0.05, 0.1) is 11.3 Å². The minimum Gasteiger partial charge on any atom is -0.478 e. The molecule has 4 nitrogen and oxygen atoms in total. The quantitative estimate of drug-likeness (QED) is 0.462. The Morgan fingerprint density at radius 3 is 2.35 bits per heavy atom. The molecule has 160 valence electrons. The first-order chi connectivity index (χ1) is 14.9. The van der Waals surface area contributed by atoms with Crippen molar-refractivity contribution in [1.29, 1.82) is 0 Å². The predicted molar refractivity (Wildman–Crippen MR) is 126 cm³/mol. The topological polar surface area (TPSA) is 54.6 Å². The third-order valence-corrected chi connectivity index (χ3v) is 6.48. The minimum atomic E-state index is -0.905.